The molecule has 0 aliphatic carbocycles. The van der Waals surface area contributed by atoms with Crippen LogP contribution in [0.5, 0.6) is 5.75 Å². The second kappa shape index (κ2) is 6.40. The van der Waals surface area contributed by atoms with Gasteiger partial charge in [0, 0.05) is 25.7 Å². The van der Waals surface area contributed by atoms with E-state index in [1.807, 2.05) is 13.8 Å². The summed E-state index contributed by atoms with van der Waals surface area (Å²) >= 11 is 0. The van der Waals surface area contributed by atoms with Gasteiger partial charge in [0.15, 0.2) is 0 Å². The summed E-state index contributed by atoms with van der Waals surface area (Å²) < 4.78 is 23.5. The van der Waals surface area contributed by atoms with E-state index < -0.39 is 0 Å². The summed E-state index contributed by atoms with van der Waals surface area (Å²) in [7, 11) is 0. The molecule has 3 heteroatoms. The molecule has 2 nitrogen and oxygen atoms in total. The minimum absolute atomic E-state index is 0.264. The molecule has 0 bridgehead atoms. The minimum atomic E-state index is -0.264. The Labute approximate surface area is 90.0 Å². The fourth-order valence-corrected chi connectivity index (χ4v) is 1.22. The first-order valence-electron chi connectivity index (χ1n) is 5.20. The van der Waals surface area contributed by atoms with Crippen molar-refractivity contribution in [2.24, 2.45) is 0 Å². The summed E-state index contributed by atoms with van der Waals surface area (Å²) in [5.41, 5.74) is 0.952. The van der Waals surface area contributed by atoms with Gasteiger partial charge in [0.25, 0.3) is 0 Å². The van der Waals surface area contributed by atoms with E-state index in [2.05, 4.69) is 0 Å². The zero-order chi connectivity index (χ0) is 11.1. The van der Waals surface area contributed by atoms with Gasteiger partial charge < -0.3 is 9.47 Å². The van der Waals surface area contributed by atoms with Gasteiger partial charge in [0.1, 0.15) is 11.6 Å². The molecule has 0 aliphatic heterocycles. The van der Waals surface area contributed by atoms with Crippen LogP contribution in [0.2, 0.25) is 0 Å². The van der Waals surface area contributed by atoms with Gasteiger partial charge in [-0.3, -0.25) is 0 Å². The first-order chi connectivity index (χ1) is 7.24. The van der Waals surface area contributed by atoms with Crippen molar-refractivity contribution in [1.82, 2.24) is 0 Å². The van der Waals surface area contributed by atoms with Crippen molar-refractivity contribution in [3.05, 3.63) is 29.6 Å². The Morgan fingerprint density at radius 1 is 1.27 bits per heavy atom. The van der Waals surface area contributed by atoms with E-state index in [1.165, 1.54) is 12.1 Å². The van der Waals surface area contributed by atoms with Crippen LogP contribution in [0.1, 0.15) is 18.9 Å². The van der Waals surface area contributed by atoms with Crippen LogP contribution in [0.15, 0.2) is 18.2 Å². The second-order valence-corrected chi connectivity index (χ2v) is 3.31. The third-order valence-corrected chi connectivity index (χ3v) is 2.04. The summed E-state index contributed by atoms with van der Waals surface area (Å²) in [5.74, 6) is 0.354. The lowest BCUT2D eigenvalue weighted by Crippen LogP contribution is -2.03. The minimum Gasteiger partial charge on any atom is -0.493 e. The van der Waals surface area contributed by atoms with Gasteiger partial charge in [-0.2, -0.15) is 0 Å². The molecule has 0 amide bonds. The quantitative estimate of drug-likeness (QED) is 0.675. The Kier molecular flexibility index (Phi) is 5.12. The van der Waals surface area contributed by atoms with E-state index in [1.54, 1.807) is 6.07 Å². The SMILES string of the molecule is CCOCCCOc1cc(F)ccc1C. The number of halogens is 1. The summed E-state index contributed by atoms with van der Waals surface area (Å²) in [6, 6.07) is 4.56. The normalized spacial score (nSPS) is 10.3. The number of hydrogen-bond donors (Lipinski definition) is 0. The number of hydrogen-bond acceptors (Lipinski definition) is 2. The fraction of sp³-hybridized carbons (Fsp3) is 0.500. The van der Waals surface area contributed by atoms with Gasteiger partial charge in [-0.05, 0) is 25.5 Å². The number of aryl methyl sites for hydroxylation is 1. The molecule has 0 N–H and O–H groups in total. The van der Waals surface area contributed by atoms with E-state index >= 15 is 0 Å². The molecule has 84 valence electrons. The van der Waals surface area contributed by atoms with Gasteiger partial charge in [-0.1, -0.05) is 6.07 Å². The predicted octanol–water partition coefficient (Wildman–Crippen LogP) is 2.94. The van der Waals surface area contributed by atoms with Crippen LogP contribution in [0, 0.1) is 12.7 Å². The van der Waals surface area contributed by atoms with Crippen LogP contribution in [0.25, 0.3) is 0 Å². The molecule has 1 aromatic carbocycles. The van der Waals surface area contributed by atoms with Crippen molar-refractivity contribution in [3.8, 4) is 5.75 Å². The van der Waals surface area contributed by atoms with Gasteiger partial charge in [0.05, 0.1) is 6.61 Å². The van der Waals surface area contributed by atoms with Gasteiger partial charge in [0.2, 0.25) is 0 Å². The fourth-order valence-electron chi connectivity index (χ4n) is 1.22. The van der Waals surface area contributed by atoms with E-state index in [9.17, 15) is 4.39 Å². The van der Waals surface area contributed by atoms with Crippen molar-refractivity contribution in [1.29, 1.82) is 0 Å². The van der Waals surface area contributed by atoms with Gasteiger partial charge >= 0.3 is 0 Å². The molecule has 0 atom stereocenters. The Bertz CT molecular complexity index is 300. The third-order valence-electron chi connectivity index (χ3n) is 2.04. The van der Waals surface area contributed by atoms with Crippen molar-refractivity contribution in [2.75, 3.05) is 19.8 Å². The first-order valence-corrected chi connectivity index (χ1v) is 5.20. The predicted molar refractivity (Wildman–Crippen MR) is 57.7 cm³/mol. The van der Waals surface area contributed by atoms with Crippen LogP contribution in [0.4, 0.5) is 4.39 Å². The van der Waals surface area contributed by atoms with Crippen molar-refractivity contribution in [2.45, 2.75) is 20.3 Å². The maximum absolute atomic E-state index is 12.9. The van der Waals surface area contributed by atoms with E-state index in [4.69, 9.17) is 9.47 Å². The summed E-state index contributed by atoms with van der Waals surface area (Å²) in [6.45, 7) is 5.82. The largest absolute Gasteiger partial charge is 0.493 e. The average Bonchev–Trinajstić information content (AvgIpc) is 2.23. The molecule has 1 rings (SSSR count). The second-order valence-electron chi connectivity index (χ2n) is 3.31. The Balaban J connectivity index is 2.33. The van der Waals surface area contributed by atoms with Crippen LogP contribution in [0.3, 0.4) is 0 Å². The summed E-state index contributed by atoms with van der Waals surface area (Å²) in [6.07, 6.45) is 0.823. The molecule has 0 heterocycles. The topological polar surface area (TPSA) is 18.5 Å². The highest BCUT2D eigenvalue weighted by Crippen LogP contribution is 2.18. The molecule has 15 heavy (non-hydrogen) atoms. The average molecular weight is 212 g/mol. The highest BCUT2D eigenvalue weighted by Gasteiger charge is 2.00. The molecule has 0 spiro atoms. The van der Waals surface area contributed by atoms with E-state index in [-0.39, 0.29) is 5.82 Å². The molecule has 0 fully saturated rings. The standard InChI is InChI=1S/C12H17FO2/c1-3-14-7-4-8-15-12-9-11(13)6-5-10(12)2/h5-6,9H,3-4,7-8H2,1-2H3. The number of benzene rings is 1. The first kappa shape index (κ1) is 12.0. The van der Waals surface area contributed by atoms with Crippen LogP contribution in [-0.4, -0.2) is 19.8 Å². The van der Waals surface area contributed by atoms with Gasteiger partial charge in [-0.25, -0.2) is 4.39 Å². The van der Waals surface area contributed by atoms with E-state index in [0.29, 0.717) is 19.0 Å². The van der Waals surface area contributed by atoms with Crippen molar-refractivity contribution in [3.63, 3.8) is 0 Å². The molecule has 1 aromatic rings. The molecule has 0 saturated heterocycles. The monoisotopic (exact) mass is 212 g/mol. The number of rotatable bonds is 6. The van der Waals surface area contributed by atoms with Crippen LogP contribution in [-0.2, 0) is 4.74 Å². The molecule has 0 radical (unpaired) electrons. The third kappa shape index (κ3) is 4.30. The van der Waals surface area contributed by atoms with Crippen LogP contribution < -0.4 is 4.74 Å². The molecule has 0 aromatic heterocycles. The Morgan fingerprint density at radius 2 is 2.07 bits per heavy atom. The molecule has 0 aliphatic rings. The number of ether oxygens (including phenoxy) is 2. The Hall–Kier alpha value is -1.09. The molecular weight excluding hydrogens is 195 g/mol. The zero-order valence-electron chi connectivity index (χ0n) is 9.25. The highest BCUT2D eigenvalue weighted by atomic mass is 19.1. The zero-order valence-corrected chi connectivity index (χ0v) is 9.25. The smallest absolute Gasteiger partial charge is 0.126 e. The molecule has 0 saturated carbocycles. The summed E-state index contributed by atoms with van der Waals surface area (Å²) in [5, 5.41) is 0. The maximum atomic E-state index is 12.9. The maximum Gasteiger partial charge on any atom is 0.126 e. The van der Waals surface area contributed by atoms with Crippen molar-refractivity contribution < 1.29 is 13.9 Å². The lowest BCUT2D eigenvalue weighted by molar-refractivity contribution is 0.130. The lowest BCUT2D eigenvalue weighted by atomic mass is 10.2. The molecule has 0 unspecified atom stereocenters. The summed E-state index contributed by atoms with van der Waals surface area (Å²) in [4.78, 5) is 0. The van der Waals surface area contributed by atoms with Gasteiger partial charge in [-0.15, -0.1) is 0 Å². The lowest BCUT2D eigenvalue weighted by Gasteiger charge is -2.08. The van der Waals surface area contributed by atoms with Crippen molar-refractivity contribution >= 4 is 0 Å². The van der Waals surface area contributed by atoms with E-state index in [0.717, 1.165) is 18.6 Å². The highest BCUT2D eigenvalue weighted by molar-refractivity contribution is 5.32. The Morgan fingerprint density at radius 3 is 2.80 bits per heavy atom. The molecular formula is C12H17FO2. The van der Waals surface area contributed by atoms with Crippen LogP contribution >= 0.6 is 0 Å².